The van der Waals surface area contributed by atoms with Gasteiger partial charge in [-0.15, -0.1) is 0 Å². The molecule has 3 aromatic rings. The number of imide groups is 1. The van der Waals surface area contributed by atoms with E-state index >= 15 is 0 Å². The number of anilines is 2. The van der Waals surface area contributed by atoms with Crippen LogP contribution in [0.1, 0.15) is 34.7 Å². The van der Waals surface area contributed by atoms with Crippen LogP contribution in [-0.2, 0) is 19.1 Å². The Kier molecular flexibility index (Phi) is 5.83. The molecule has 3 amide bonds. The molecule has 2 aliphatic carbocycles. The van der Waals surface area contributed by atoms with E-state index in [0.717, 1.165) is 12.8 Å². The number of carbonyl (C=O) groups is 4. The van der Waals surface area contributed by atoms with E-state index in [9.17, 15) is 19.2 Å². The van der Waals surface area contributed by atoms with E-state index in [4.69, 9.17) is 4.74 Å². The number of rotatable bonds is 6. The first kappa shape index (κ1) is 23.2. The first-order chi connectivity index (χ1) is 18.0. The number of para-hydroxylation sites is 1. The third-order valence-electron chi connectivity index (χ3n) is 7.98. The molecule has 0 aromatic heterocycles. The Bertz CT molecular complexity index is 1370. The zero-order valence-electron chi connectivity index (χ0n) is 20.1. The Morgan fingerprint density at radius 1 is 0.838 bits per heavy atom. The first-order valence-electron chi connectivity index (χ1n) is 12.6. The fourth-order valence-electron chi connectivity index (χ4n) is 6.50. The van der Waals surface area contributed by atoms with Gasteiger partial charge in [0.1, 0.15) is 0 Å². The van der Waals surface area contributed by atoms with Gasteiger partial charge in [-0.1, -0.05) is 54.6 Å². The summed E-state index contributed by atoms with van der Waals surface area (Å²) in [5.41, 5.74) is 2.37. The molecule has 3 aromatic carbocycles. The van der Waals surface area contributed by atoms with Crippen LogP contribution in [0.15, 0.2) is 84.9 Å². The van der Waals surface area contributed by atoms with Gasteiger partial charge in [0, 0.05) is 5.69 Å². The average molecular weight is 495 g/mol. The van der Waals surface area contributed by atoms with Crippen molar-refractivity contribution in [1.29, 1.82) is 0 Å². The zero-order valence-corrected chi connectivity index (χ0v) is 20.1. The highest BCUT2D eigenvalue weighted by atomic mass is 16.5. The normalized spacial score (nSPS) is 25.7. The topological polar surface area (TPSA) is 92.8 Å². The average Bonchev–Trinajstić information content (AvgIpc) is 3.59. The standard InChI is InChI=1S/C30H26N2O5/c33-25(31-21-11-5-2-6-12-21)17-37-30(36)19-10-7-13-22(14-19)32-28(34)26-20-15-23(18-8-3-1-4-9-18)24(16-20)27(26)29(32)35/h1-14,20,23-24,26-27H,15-17H2,(H,31,33)/t20-,23+,24+,26+,27-/m0/s1. The SMILES string of the molecule is O=C(COC(=O)c1cccc(N2C(=O)[C@@H]3[C@@H]4C[C@@H]([C@@H]3C2=O)[C@@H](c2ccccc2)C4)c1)Nc1ccccc1. The molecule has 1 N–H and O–H groups in total. The summed E-state index contributed by atoms with van der Waals surface area (Å²) >= 11 is 0. The van der Waals surface area contributed by atoms with Crippen LogP contribution in [0.25, 0.3) is 0 Å². The van der Waals surface area contributed by atoms with E-state index < -0.39 is 18.5 Å². The molecule has 7 heteroatoms. The van der Waals surface area contributed by atoms with E-state index in [1.165, 1.54) is 16.5 Å². The summed E-state index contributed by atoms with van der Waals surface area (Å²) < 4.78 is 5.18. The van der Waals surface area contributed by atoms with Gasteiger partial charge in [-0.05, 0) is 66.5 Å². The second kappa shape index (κ2) is 9.32. The molecule has 186 valence electrons. The Morgan fingerprint density at radius 2 is 1.54 bits per heavy atom. The van der Waals surface area contributed by atoms with Gasteiger partial charge in [-0.3, -0.25) is 19.3 Å². The number of nitrogens with zero attached hydrogens (tertiary/aromatic N) is 1. The summed E-state index contributed by atoms with van der Waals surface area (Å²) in [6.07, 6.45) is 1.82. The molecule has 7 nitrogen and oxygen atoms in total. The highest BCUT2D eigenvalue weighted by molar-refractivity contribution is 6.23. The van der Waals surface area contributed by atoms with Crippen LogP contribution in [-0.4, -0.2) is 30.3 Å². The molecule has 3 aliphatic rings. The molecule has 1 heterocycles. The molecular weight excluding hydrogens is 468 g/mol. The highest BCUT2D eigenvalue weighted by Crippen LogP contribution is 2.61. The number of amides is 3. The summed E-state index contributed by atoms with van der Waals surface area (Å²) in [6, 6.07) is 25.4. The maximum absolute atomic E-state index is 13.6. The second-order valence-electron chi connectivity index (χ2n) is 10.0. The van der Waals surface area contributed by atoms with Crippen molar-refractivity contribution < 1.29 is 23.9 Å². The lowest BCUT2D eigenvalue weighted by Gasteiger charge is -2.28. The van der Waals surface area contributed by atoms with Crippen LogP contribution in [0.4, 0.5) is 11.4 Å². The lowest BCUT2D eigenvalue weighted by molar-refractivity contribution is -0.123. The Hall–Kier alpha value is -4.26. The van der Waals surface area contributed by atoms with Crippen molar-refractivity contribution in [2.24, 2.45) is 23.7 Å². The number of benzene rings is 3. The van der Waals surface area contributed by atoms with Crippen molar-refractivity contribution >= 4 is 35.1 Å². The molecule has 37 heavy (non-hydrogen) atoms. The van der Waals surface area contributed by atoms with Crippen LogP contribution < -0.4 is 10.2 Å². The third-order valence-corrected chi connectivity index (χ3v) is 7.98. The molecule has 1 aliphatic heterocycles. The van der Waals surface area contributed by atoms with Gasteiger partial charge >= 0.3 is 5.97 Å². The Labute approximate surface area is 214 Å². The molecule has 0 unspecified atom stereocenters. The van der Waals surface area contributed by atoms with Gasteiger partial charge in [0.25, 0.3) is 5.91 Å². The van der Waals surface area contributed by atoms with Crippen LogP contribution >= 0.6 is 0 Å². The van der Waals surface area contributed by atoms with Crippen molar-refractivity contribution in [2.45, 2.75) is 18.8 Å². The van der Waals surface area contributed by atoms with Gasteiger partial charge in [-0.2, -0.15) is 0 Å². The largest absolute Gasteiger partial charge is 0.452 e. The first-order valence-corrected chi connectivity index (χ1v) is 12.6. The molecule has 3 fully saturated rings. The summed E-state index contributed by atoms with van der Waals surface area (Å²) in [5.74, 6) is -1.52. The van der Waals surface area contributed by atoms with Crippen molar-refractivity contribution in [2.75, 3.05) is 16.8 Å². The van der Waals surface area contributed by atoms with Crippen molar-refractivity contribution in [3.05, 3.63) is 96.1 Å². The molecule has 0 radical (unpaired) electrons. The van der Waals surface area contributed by atoms with Crippen molar-refractivity contribution in [3.63, 3.8) is 0 Å². The molecule has 2 saturated carbocycles. The van der Waals surface area contributed by atoms with Crippen LogP contribution in [0.3, 0.4) is 0 Å². The maximum Gasteiger partial charge on any atom is 0.338 e. The van der Waals surface area contributed by atoms with Gasteiger partial charge in [0.2, 0.25) is 11.8 Å². The predicted octanol–water partition coefficient (Wildman–Crippen LogP) is 4.41. The quantitative estimate of drug-likeness (QED) is 0.405. The van der Waals surface area contributed by atoms with Gasteiger partial charge in [0.05, 0.1) is 23.1 Å². The third kappa shape index (κ3) is 4.10. The van der Waals surface area contributed by atoms with E-state index in [0.29, 0.717) is 11.4 Å². The van der Waals surface area contributed by atoms with Gasteiger partial charge < -0.3 is 10.1 Å². The minimum Gasteiger partial charge on any atom is -0.452 e. The monoisotopic (exact) mass is 494 g/mol. The summed E-state index contributed by atoms with van der Waals surface area (Å²) in [7, 11) is 0. The van der Waals surface area contributed by atoms with Gasteiger partial charge in [-0.25, -0.2) is 4.79 Å². The number of fused-ring (bicyclic) bond motifs is 5. The maximum atomic E-state index is 13.6. The number of carbonyl (C=O) groups excluding carboxylic acids is 4. The molecule has 5 atom stereocenters. The van der Waals surface area contributed by atoms with E-state index in [1.807, 2.05) is 24.3 Å². The molecule has 1 saturated heterocycles. The highest BCUT2D eigenvalue weighted by Gasteiger charge is 2.64. The fraction of sp³-hybridized carbons (Fsp3) is 0.267. The van der Waals surface area contributed by atoms with Crippen LogP contribution in [0.2, 0.25) is 0 Å². The zero-order chi connectivity index (χ0) is 25.5. The van der Waals surface area contributed by atoms with E-state index in [-0.39, 0.29) is 47.0 Å². The lowest BCUT2D eigenvalue weighted by Crippen LogP contribution is -2.33. The summed E-state index contributed by atoms with van der Waals surface area (Å²) in [5, 5.41) is 2.65. The molecular formula is C30H26N2O5. The summed E-state index contributed by atoms with van der Waals surface area (Å²) in [6.45, 7) is -0.450. The number of hydrogen-bond donors (Lipinski definition) is 1. The lowest BCUT2D eigenvalue weighted by atomic mass is 9.73. The Morgan fingerprint density at radius 3 is 2.30 bits per heavy atom. The number of nitrogens with one attached hydrogen (secondary N) is 1. The molecule has 6 rings (SSSR count). The second-order valence-corrected chi connectivity index (χ2v) is 10.0. The molecule has 2 bridgehead atoms. The smallest absolute Gasteiger partial charge is 0.338 e. The fourth-order valence-corrected chi connectivity index (χ4v) is 6.50. The number of esters is 1. The van der Waals surface area contributed by atoms with Crippen molar-refractivity contribution in [3.8, 4) is 0 Å². The van der Waals surface area contributed by atoms with E-state index in [2.05, 4.69) is 17.4 Å². The number of hydrogen-bond acceptors (Lipinski definition) is 5. The minimum atomic E-state index is -0.700. The van der Waals surface area contributed by atoms with Crippen LogP contribution in [0.5, 0.6) is 0 Å². The minimum absolute atomic E-state index is 0.148. The van der Waals surface area contributed by atoms with E-state index in [1.54, 1.807) is 42.5 Å². The predicted molar refractivity (Wildman–Crippen MR) is 137 cm³/mol. The van der Waals surface area contributed by atoms with Crippen molar-refractivity contribution in [1.82, 2.24) is 0 Å². The summed E-state index contributed by atoms with van der Waals surface area (Å²) in [4.78, 5) is 53.0. The molecule has 0 spiro atoms. The van der Waals surface area contributed by atoms with Crippen LogP contribution in [0, 0.1) is 23.7 Å². The Balaban J connectivity index is 1.15. The number of ether oxygens (including phenoxy) is 1. The van der Waals surface area contributed by atoms with Gasteiger partial charge in [0.15, 0.2) is 6.61 Å².